The van der Waals surface area contributed by atoms with Crippen molar-refractivity contribution < 1.29 is 9.53 Å². The summed E-state index contributed by atoms with van der Waals surface area (Å²) in [4.78, 5) is 12.7. The third-order valence-corrected chi connectivity index (χ3v) is 5.55. The van der Waals surface area contributed by atoms with Gasteiger partial charge in [0.25, 0.3) is 0 Å². The van der Waals surface area contributed by atoms with E-state index in [0.717, 1.165) is 47.6 Å². The second-order valence-electron chi connectivity index (χ2n) is 8.49. The number of nitrogens with zero attached hydrogens (tertiary/aromatic N) is 2. The Kier molecular flexibility index (Phi) is 4.32. The summed E-state index contributed by atoms with van der Waals surface area (Å²) >= 11 is 0. The normalized spacial score (nSPS) is 21.0. The molecule has 2 aromatic rings. The van der Waals surface area contributed by atoms with Crippen LogP contribution in [0, 0.1) is 23.7 Å². The molecule has 1 N–H and O–H groups in total. The lowest BCUT2D eigenvalue weighted by Gasteiger charge is -2.30. The van der Waals surface area contributed by atoms with Crippen LogP contribution in [-0.4, -0.2) is 29.6 Å². The first-order valence-electron chi connectivity index (χ1n) is 9.51. The summed E-state index contributed by atoms with van der Waals surface area (Å²) in [7, 11) is 0. The molecule has 5 nitrogen and oxygen atoms in total. The molecule has 0 unspecified atom stereocenters. The highest BCUT2D eigenvalue weighted by atomic mass is 16.5. The maximum atomic E-state index is 12.7. The minimum absolute atomic E-state index is 0.0402. The van der Waals surface area contributed by atoms with Gasteiger partial charge in [-0.15, -0.1) is 0 Å². The number of ketones is 1. The van der Waals surface area contributed by atoms with Crippen molar-refractivity contribution in [1.29, 1.82) is 5.26 Å². The Bertz CT molecular complexity index is 943. The Labute approximate surface area is 159 Å². The second-order valence-corrected chi connectivity index (χ2v) is 8.49. The predicted octanol–water partition coefficient (Wildman–Crippen LogP) is 4.01. The summed E-state index contributed by atoms with van der Waals surface area (Å²) < 4.78 is 7.57. The van der Waals surface area contributed by atoms with Crippen LogP contribution in [0.4, 0.5) is 5.69 Å². The fourth-order valence-electron chi connectivity index (χ4n) is 4.28. The van der Waals surface area contributed by atoms with Crippen molar-refractivity contribution in [3.63, 3.8) is 0 Å². The van der Waals surface area contributed by atoms with Crippen LogP contribution in [0.1, 0.15) is 53.9 Å². The minimum atomic E-state index is -0.0402. The van der Waals surface area contributed by atoms with Crippen molar-refractivity contribution in [3.05, 3.63) is 46.8 Å². The first-order chi connectivity index (χ1) is 12.9. The molecule has 0 amide bonds. The second kappa shape index (κ2) is 6.54. The first kappa shape index (κ1) is 17.8. The Morgan fingerprint density at radius 1 is 1.33 bits per heavy atom. The van der Waals surface area contributed by atoms with Crippen LogP contribution in [0.3, 0.4) is 0 Å². The molecule has 2 aliphatic rings. The van der Waals surface area contributed by atoms with Gasteiger partial charge in [0, 0.05) is 36.2 Å². The van der Waals surface area contributed by atoms with E-state index in [0.29, 0.717) is 18.6 Å². The molecule has 140 valence electrons. The SMILES string of the molecule is Cc1cn(-c2ccc(C#N)c(N[C@H]3CCOC3)c2)c2c1C(=O)CC(C)(C)C2. The molecule has 1 atom stereocenters. The lowest BCUT2D eigenvalue weighted by Crippen LogP contribution is -2.28. The maximum absolute atomic E-state index is 12.7. The third-order valence-electron chi connectivity index (χ3n) is 5.55. The standard InChI is InChI=1S/C22H25N3O2/c1-14-12-25(19-9-22(2,3)10-20(26)21(14)19)17-5-4-15(11-23)18(8-17)24-16-6-7-27-13-16/h4-5,8,12,16,24H,6-7,9-10,13H2,1-3H3/t16-/m0/s1. The number of hydrogen-bond donors (Lipinski definition) is 1. The molecular formula is C22H25N3O2. The average Bonchev–Trinajstić information content (AvgIpc) is 3.21. The Hall–Kier alpha value is -2.58. The number of aryl methyl sites for hydroxylation is 1. The van der Waals surface area contributed by atoms with Gasteiger partial charge in [-0.05, 0) is 48.9 Å². The molecule has 4 rings (SSSR count). The quantitative estimate of drug-likeness (QED) is 0.895. The van der Waals surface area contributed by atoms with Gasteiger partial charge in [0.1, 0.15) is 6.07 Å². The number of aromatic nitrogens is 1. The van der Waals surface area contributed by atoms with Crippen LogP contribution < -0.4 is 5.32 Å². The van der Waals surface area contributed by atoms with Gasteiger partial charge in [0.05, 0.1) is 23.9 Å². The highest BCUT2D eigenvalue weighted by molar-refractivity contribution is 6.00. The van der Waals surface area contributed by atoms with Gasteiger partial charge in [-0.2, -0.15) is 5.26 Å². The van der Waals surface area contributed by atoms with Crippen LogP contribution in [0.25, 0.3) is 5.69 Å². The van der Waals surface area contributed by atoms with E-state index < -0.39 is 0 Å². The molecule has 0 saturated carbocycles. The van der Waals surface area contributed by atoms with Gasteiger partial charge in [-0.25, -0.2) is 0 Å². The van der Waals surface area contributed by atoms with Crippen LogP contribution in [0.5, 0.6) is 0 Å². The van der Waals surface area contributed by atoms with Gasteiger partial charge in [-0.3, -0.25) is 4.79 Å². The number of rotatable bonds is 3. The molecule has 2 heterocycles. The number of nitriles is 1. The summed E-state index contributed by atoms with van der Waals surface area (Å²) in [5, 5.41) is 12.9. The molecule has 0 spiro atoms. The lowest BCUT2D eigenvalue weighted by molar-refractivity contribution is 0.0910. The Balaban J connectivity index is 1.77. The fraction of sp³-hybridized carbons (Fsp3) is 0.455. The van der Waals surface area contributed by atoms with Gasteiger partial charge < -0.3 is 14.6 Å². The van der Waals surface area contributed by atoms with Crippen molar-refractivity contribution in [1.82, 2.24) is 4.57 Å². The topological polar surface area (TPSA) is 67.1 Å². The molecule has 1 aliphatic carbocycles. The monoisotopic (exact) mass is 363 g/mol. The summed E-state index contributed by atoms with van der Waals surface area (Å²) in [6, 6.07) is 8.33. The van der Waals surface area contributed by atoms with E-state index >= 15 is 0 Å². The maximum Gasteiger partial charge on any atom is 0.165 e. The van der Waals surface area contributed by atoms with E-state index in [4.69, 9.17) is 4.74 Å². The first-order valence-corrected chi connectivity index (χ1v) is 9.51. The van der Waals surface area contributed by atoms with Gasteiger partial charge in [0.15, 0.2) is 5.78 Å². The molecule has 1 aromatic heterocycles. The molecule has 1 saturated heterocycles. The highest BCUT2D eigenvalue weighted by Gasteiger charge is 2.34. The number of Topliss-reactive ketones (excluding diaryl/α,β-unsaturated/α-hetero) is 1. The zero-order chi connectivity index (χ0) is 19.2. The van der Waals surface area contributed by atoms with E-state index in [1.807, 2.05) is 31.3 Å². The van der Waals surface area contributed by atoms with E-state index in [9.17, 15) is 10.1 Å². The smallest absolute Gasteiger partial charge is 0.165 e. The number of hydrogen-bond acceptors (Lipinski definition) is 4. The summed E-state index contributed by atoms with van der Waals surface area (Å²) in [5.74, 6) is 0.229. The predicted molar refractivity (Wildman–Crippen MR) is 105 cm³/mol. The van der Waals surface area contributed by atoms with Crippen LogP contribution in [0.15, 0.2) is 24.4 Å². The van der Waals surface area contributed by atoms with E-state index in [-0.39, 0.29) is 17.2 Å². The van der Waals surface area contributed by atoms with Crippen LogP contribution in [0.2, 0.25) is 0 Å². The zero-order valence-electron chi connectivity index (χ0n) is 16.1. The average molecular weight is 363 g/mol. The van der Waals surface area contributed by atoms with Crippen LogP contribution in [-0.2, 0) is 11.2 Å². The van der Waals surface area contributed by atoms with Gasteiger partial charge >= 0.3 is 0 Å². The molecule has 27 heavy (non-hydrogen) atoms. The minimum Gasteiger partial charge on any atom is -0.379 e. The Morgan fingerprint density at radius 3 is 2.85 bits per heavy atom. The molecular weight excluding hydrogens is 338 g/mol. The fourth-order valence-corrected chi connectivity index (χ4v) is 4.28. The van der Waals surface area contributed by atoms with Crippen molar-refractivity contribution in [2.75, 3.05) is 18.5 Å². The summed E-state index contributed by atoms with van der Waals surface area (Å²) in [6.07, 6.45) is 4.44. The largest absolute Gasteiger partial charge is 0.379 e. The summed E-state index contributed by atoms with van der Waals surface area (Å²) in [6.45, 7) is 7.71. The van der Waals surface area contributed by atoms with E-state index in [1.54, 1.807) is 0 Å². The number of carbonyl (C=O) groups excluding carboxylic acids is 1. The molecule has 1 aliphatic heterocycles. The Morgan fingerprint density at radius 2 is 2.15 bits per heavy atom. The molecule has 0 bridgehead atoms. The molecule has 5 heteroatoms. The number of fused-ring (bicyclic) bond motifs is 1. The number of carbonyl (C=O) groups is 1. The van der Waals surface area contributed by atoms with Crippen molar-refractivity contribution in [2.45, 2.75) is 46.1 Å². The molecule has 0 radical (unpaired) electrons. The summed E-state index contributed by atoms with van der Waals surface area (Å²) in [5.41, 5.74) is 5.36. The van der Waals surface area contributed by atoms with Crippen LogP contribution >= 0.6 is 0 Å². The van der Waals surface area contributed by atoms with Crippen molar-refractivity contribution >= 4 is 11.5 Å². The number of benzene rings is 1. The number of nitrogens with one attached hydrogen (secondary N) is 1. The van der Waals surface area contributed by atoms with Crippen molar-refractivity contribution in [2.24, 2.45) is 5.41 Å². The zero-order valence-corrected chi connectivity index (χ0v) is 16.1. The van der Waals surface area contributed by atoms with Gasteiger partial charge in [0.2, 0.25) is 0 Å². The van der Waals surface area contributed by atoms with E-state index in [1.165, 1.54) is 0 Å². The van der Waals surface area contributed by atoms with Gasteiger partial charge in [-0.1, -0.05) is 13.8 Å². The lowest BCUT2D eigenvalue weighted by atomic mass is 9.75. The molecule has 1 aromatic carbocycles. The number of anilines is 1. The number of ether oxygens (including phenoxy) is 1. The molecule has 1 fully saturated rings. The highest BCUT2D eigenvalue weighted by Crippen LogP contribution is 2.38. The van der Waals surface area contributed by atoms with E-state index in [2.05, 4.69) is 29.8 Å². The third kappa shape index (κ3) is 3.26. The van der Waals surface area contributed by atoms with Crippen molar-refractivity contribution in [3.8, 4) is 11.8 Å².